The minimum atomic E-state index is -0.242. The van der Waals surface area contributed by atoms with Crippen molar-refractivity contribution in [3.05, 3.63) is 29.0 Å². The van der Waals surface area contributed by atoms with E-state index in [1.54, 1.807) is 0 Å². The lowest BCUT2D eigenvalue weighted by molar-refractivity contribution is 0.0381. The van der Waals surface area contributed by atoms with Crippen LogP contribution < -0.4 is 20.9 Å². The lowest BCUT2D eigenvalue weighted by Crippen LogP contribution is -2.52. The van der Waals surface area contributed by atoms with Gasteiger partial charge in [0.2, 0.25) is 5.95 Å². The van der Waals surface area contributed by atoms with Gasteiger partial charge in [-0.05, 0) is 38.3 Å². The van der Waals surface area contributed by atoms with Gasteiger partial charge >= 0.3 is 6.09 Å². The van der Waals surface area contributed by atoms with E-state index in [-0.39, 0.29) is 30.2 Å². The van der Waals surface area contributed by atoms with Crippen LogP contribution in [-0.4, -0.2) is 88.7 Å². The molecule has 3 N–H and O–H groups in total. The van der Waals surface area contributed by atoms with Crippen LogP contribution in [0, 0.1) is 11.3 Å². The quantitative estimate of drug-likeness (QED) is 0.386. The molecule has 210 valence electrons. The molecule has 14 heteroatoms. The third-order valence-electron chi connectivity index (χ3n) is 7.68. The van der Waals surface area contributed by atoms with Gasteiger partial charge in [-0.15, -0.1) is 5.10 Å². The summed E-state index contributed by atoms with van der Waals surface area (Å²) >= 11 is 6.99. The first-order valence-electron chi connectivity index (χ1n) is 13.5. The highest BCUT2D eigenvalue weighted by Crippen LogP contribution is 2.41. The fourth-order valence-corrected chi connectivity index (χ4v) is 6.03. The van der Waals surface area contributed by atoms with Crippen molar-refractivity contribution in [1.82, 2.24) is 24.5 Å². The summed E-state index contributed by atoms with van der Waals surface area (Å²) < 4.78 is 12.8. The Hall–Kier alpha value is -4.02. The van der Waals surface area contributed by atoms with Gasteiger partial charge in [0.25, 0.3) is 0 Å². The molecule has 0 spiro atoms. The first-order chi connectivity index (χ1) is 19.5. The number of piperidine rings is 1. The summed E-state index contributed by atoms with van der Waals surface area (Å²) in [5.74, 6) is 0.761. The van der Waals surface area contributed by atoms with Gasteiger partial charge in [0.1, 0.15) is 12.2 Å². The summed E-state index contributed by atoms with van der Waals surface area (Å²) in [6.45, 7) is 5.17. The maximum absolute atomic E-state index is 12.9. The predicted octanol–water partition coefficient (Wildman–Crippen LogP) is 3.44. The summed E-state index contributed by atoms with van der Waals surface area (Å²) in [6.07, 6.45) is 3.44. The number of nitrogens with one attached hydrogen (secondary N) is 3. The van der Waals surface area contributed by atoms with Crippen LogP contribution in [0.1, 0.15) is 31.9 Å². The Morgan fingerprint density at radius 1 is 1.25 bits per heavy atom. The minimum Gasteiger partial charge on any atom is -0.442 e. The first kappa shape index (κ1) is 26.2. The normalized spacial score (nSPS) is 21.2. The molecule has 3 aliphatic heterocycles. The number of fused-ring (bicyclic) bond motifs is 2. The average molecular weight is 567 g/mol. The smallest absolute Gasteiger partial charge is 0.410 e. The molecule has 3 fully saturated rings. The molecule has 2 atom stereocenters. The average Bonchev–Trinajstić information content (AvgIpc) is 3.54. The lowest BCUT2D eigenvalue weighted by Gasteiger charge is -2.40. The first-order valence-corrected chi connectivity index (χ1v) is 13.9. The third kappa shape index (κ3) is 4.67. The molecule has 0 radical (unpaired) electrons. The van der Waals surface area contributed by atoms with E-state index in [4.69, 9.17) is 21.1 Å². The van der Waals surface area contributed by atoms with Crippen molar-refractivity contribution < 1.29 is 14.3 Å². The van der Waals surface area contributed by atoms with Gasteiger partial charge in [0, 0.05) is 45.1 Å². The van der Waals surface area contributed by atoms with Crippen molar-refractivity contribution in [2.45, 2.75) is 44.4 Å². The molecule has 3 saturated heterocycles. The fourth-order valence-electron chi connectivity index (χ4n) is 5.76. The predicted molar refractivity (Wildman–Crippen MR) is 151 cm³/mol. The van der Waals surface area contributed by atoms with E-state index in [2.05, 4.69) is 42.0 Å². The Morgan fingerprint density at radius 2 is 2.08 bits per heavy atom. The Kier molecular flexibility index (Phi) is 7.12. The molecular weight excluding hydrogens is 536 g/mol. The number of imidazole rings is 1. The Balaban J connectivity index is 1.28. The summed E-state index contributed by atoms with van der Waals surface area (Å²) in [4.78, 5) is 25.8. The molecule has 0 bridgehead atoms. The van der Waals surface area contributed by atoms with E-state index < -0.39 is 0 Å². The number of anilines is 5. The number of nitrogens with zero attached hydrogens (tertiary/aromatic N) is 7. The van der Waals surface area contributed by atoms with Crippen molar-refractivity contribution in [2.24, 2.45) is 0 Å². The van der Waals surface area contributed by atoms with Gasteiger partial charge in [-0.2, -0.15) is 14.8 Å². The molecule has 2 aromatic heterocycles. The molecule has 3 aromatic rings. The monoisotopic (exact) mass is 566 g/mol. The standard InChI is InChI=1S/C26H31ClN10O3/c1-3-30-23-24-31-13-17(12-28)37(24)34-25(33-23)32-18-10-15(29-2)11-20(22(18)27)35-7-4-19-21(14-35)40-26(38)36(19)16-5-8-39-9-6-16/h10-11,13,16,19,21,29H,3-9,14H2,1-2H3,(H2,30,32,33,34). The van der Waals surface area contributed by atoms with Gasteiger partial charge in [-0.25, -0.2) is 9.78 Å². The van der Waals surface area contributed by atoms with E-state index in [1.165, 1.54) is 10.7 Å². The topological polar surface area (TPSA) is 145 Å². The number of aromatic nitrogens is 4. The van der Waals surface area contributed by atoms with Crippen molar-refractivity contribution >= 4 is 52.2 Å². The number of nitriles is 1. The summed E-state index contributed by atoms with van der Waals surface area (Å²) in [6, 6.07) is 6.17. The third-order valence-corrected chi connectivity index (χ3v) is 8.08. The van der Waals surface area contributed by atoms with Crippen molar-refractivity contribution in [3.63, 3.8) is 0 Å². The largest absolute Gasteiger partial charge is 0.442 e. The number of hydrogen-bond acceptors (Lipinski definition) is 11. The molecule has 5 heterocycles. The van der Waals surface area contributed by atoms with Gasteiger partial charge in [-0.1, -0.05) is 11.6 Å². The molecule has 1 amide bonds. The molecule has 0 saturated carbocycles. The van der Waals surface area contributed by atoms with Crippen LogP contribution in [0.15, 0.2) is 18.3 Å². The molecule has 2 unspecified atom stereocenters. The van der Waals surface area contributed by atoms with Gasteiger partial charge in [0.05, 0.1) is 35.2 Å². The zero-order valence-electron chi connectivity index (χ0n) is 22.4. The Bertz CT molecular complexity index is 1470. The number of amides is 1. The Labute approximate surface area is 236 Å². The number of carbonyl (C=O) groups is 1. The van der Waals surface area contributed by atoms with Crippen molar-refractivity contribution in [2.75, 3.05) is 60.7 Å². The number of benzene rings is 1. The zero-order valence-corrected chi connectivity index (χ0v) is 23.1. The van der Waals surface area contributed by atoms with Gasteiger partial charge in [-0.3, -0.25) is 4.90 Å². The van der Waals surface area contributed by atoms with E-state index in [0.717, 1.165) is 37.2 Å². The molecule has 1 aromatic carbocycles. The van der Waals surface area contributed by atoms with Crippen LogP contribution >= 0.6 is 11.6 Å². The second-order valence-electron chi connectivity index (χ2n) is 10.0. The van der Waals surface area contributed by atoms with E-state index in [9.17, 15) is 10.1 Å². The fraction of sp³-hybridized carbons (Fsp3) is 0.500. The molecule has 13 nitrogen and oxygen atoms in total. The number of ether oxygens (including phenoxy) is 2. The minimum absolute atomic E-state index is 0.0461. The van der Waals surface area contributed by atoms with Crippen LogP contribution in [0.3, 0.4) is 0 Å². The number of carbonyl (C=O) groups excluding carboxylic acids is 1. The molecular formula is C26H31ClN10O3. The second kappa shape index (κ2) is 10.9. The summed E-state index contributed by atoms with van der Waals surface area (Å²) in [5.41, 5.74) is 2.99. The van der Waals surface area contributed by atoms with Gasteiger partial charge < -0.3 is 30.3 Å². The van der Waals surface area contributed by atoms with E-state index in [0.29, 0.717) is 54.2 Å². The summed E-state index contributed by atoms with van der Waals surface area (Å²) in [5, 5.41) is 24.1. The highest BCUT2D eigenvalue weighted by Gasteiger charge is 2.48. The molecule has 0 aliphatic carbocycles. The molecule has 6 rings (SSSR count). The Morgan fingerprint density at radius 3 is 2.83 bits per heavy atom. The lowest BCUT2D eigenvalue weighted by atomic mass is 9.97. The van der Waals surface area contributed by atoms with Crippen molar-refractivity contribution in [3.8, 4) is 6.07 Å². The van der Waals surface area contributed by atoms with Crippen LogP contribution in [0.25, 0.3) is 5.65 Å². The second-order valence-corrected chi connectivity index (χ2v) is 10.4. The number of halogens is 1. The molecule has 3 aliphatic rings. The number of rotatable bonds is 7. The van der Waals surface area contributed by atoms with Crippen LogP contribution in [-0.2, 0) is 9.47 Å². The SMILES string of the molecule is CCNc1nc(Nc2cc(NC)cc(N3CCC4C(C3)OC(=O)N4C3CCOCC3)c2Cl)nn2c(C#N)cnc12. The maximum atomic E-state index is 12.9. The van der Waals surface area contributed by atoms with E-state index in [1.807, 2.05) is 31.0 Å². The number of hydrogen-bond donors (Lipinski definition) is 3. The highest BCUT2D eigenvalue weighted by molar-refractivity contribution is 6.36. The van der Waals surface area contributed by atoms with Crippen LogP contribution in [0.4, 0.5) is 33.6 Å². The zero-order chi connectivity index (χ0) is 27.8. The van der Waals surface area contributed by atoms with Crippen LogP contribution in [0.5, 0.6) is 0 Å². The maximum Gasteiger partial charge on any atom is 0.410 e. The summed E-state index contributed by atoms with van der Waals surface area (Å²) in [7, 11) is 1.84. The van der Waals surface area contributed by atoms with E-state index >= 15 is 0 Å². The van der Waals surface area contributed by atoms with Gasteiger partial charge in [0.15, 0.2) is 17.2 Å². The van der Waals surface area contributed by atoms with Crippen molar-refractivity contribution in [1.29, 1.82) is 5.26 Å². The highest BCUT2D eigenvalue weighted by atomic mass is 35.5. The molecule has 40 heavy (non-hydrogen) atoms. The van der Waals surface area contributed by atoms with Crippen LogP contribution in [0.2, 0.25) is 5.02 Å².